The molecule has 1 aliphatic carbocycles. The van der Waals surface area contributed by atoms with Crippen LogP contribution in [0.25, 0.3) is 0 Å². The number of aromatic carboxylic acids is 1. The summed E-state index contributed by atoms with van der Waals surface area (Å²) in [5.41, 5.74) is 2.07. The second-order valence-corrected chi connectivity index (χ2v) is 6.82. The molecule has 5 heteroatoms. The van der Waals surface area contributed by atoms with Gasteiger partial charge in [0.2, 0.25) is 0 Å². The van der Waals surface area contributed by atoms with Crippen LogP contribution in [-0.4, -0.2) is 27.8 Å². The Morgan fingerprint density at radius 3 is 2.20 bits per heavy atom. The molecule has 0 unspecified atom stereocenters. The highest BCUT2D eigenvalue weighted by Gasteiger charge is 2.64. The van der Waals surface area contributed by atoms with Gasteiger partial charge in [-0.05, 0) is 36.2 Å². The third-order valence-electron chi connectivity index (χ3n) is 5.46. The summed E-state index contributed by atoms with van der Waals surface area (Å²) in [7, 11) is 0. The van der Waals surface area contributed by atoms with Crippen LogP contribution >= 0.6 is 0 Å². The fourth-order valence-corrected chi connectivity index (χ4v) is 3.04. The van der Waals surface area contributed by atoms with E-state index in [0.717, 1.165) is 6.54 Å². The number of aromatic nitrogens is 2. The lowest BCUT2D eigenvalue weighted by Gasteiger charge is -2.12. The number of carbonyl (C=O) groups is 1. The van der Waals surface area contributed by atoms with Crippen LogP contribution in [0.1, 0.15) is 49.3 Å². The van der Waals surface area contributed by atoms with Crippen LogP contribution in [0.2, 0.25) is 0 Å². The molecule has 2 N–H and O–H groups in total. The summed E-state index contributed by atoms with van der Waals surface area (Å²) in [4.78, 5) is 11.4. The maximum Gasteiger partial charge on any atom is 0.339 e. The minimum atomic E-state index is -0.961. The van der Waals surface area contributed by atoms with Crippen LogP contribution in [0.5, 0.6) is 0 Å². The van der Waals surface area contributed by atoms with Gasteiger partial charge in [0.1, 0.15) is 5.56 Å². The first kappa shape index (κ1) is 14.8. The standard InChI is InChI=1S/C15H23N3O2/c1-8-9(2)17-18-12(11(8)13(19)20)16-7-10-14(3,4)15(10,5)6/h10H,7H2,1-6H3,(H,16,18)(H,19,20). The van der Waals surface area contributed by atoms with Crippen LogP contribution in [0.4, 0.5) is 5.82 Å². The number of carboxylic acid groups (broad SMARTS) is 1. The molecule has 0 amide bonds. The number of hydrogen-bond donors (Lipinski definition) is 2. The molecule has 1 saturated carbocycles. The lowest BCUT2D eigenvalue weighted by Crippen LogP contribution is -2.16. The number of anilines is 1. The Hall–Kier alpha value is -1.65. The number of nitrogens with one attached hydrogen (secondary N) is 1. The highest BCUT2D eigenvalue weighted by atomic mass is 16.4. The van der Waals surface area contributed by atoms with Crippen molar-refractivity contribution >= 4 is 11.8 Å². The molecule has 1 heterocycles. The van der Waals surface area contributed by atoms with Crippen molar-refractivity contribution < 1.29 is 9.90 Å². The molecule has 0 spiro atoms. The molecule has 0 aliphatic heterocycles. The maximum atomic E-state index is 11.4. The fourth-order valence-electron chi connectivity index (χ4n) is 3.04. The lowest BCUT2D eigenvalue weighted by molar-refractivity contribution is 0.0696. The van der Waals surface area contributed by atoms with Crippen molar-refractivity contribution in [2.75, 3.05) is 11.9 Å². The Morgan fingerprint density at radius 2 is 1.75 bits per heavy atom. The van der Waals surface area contributed by atoms with Gasteiger partial charge in [0.25, 0.3) is 0 Å². The van der Waals surface area contributed by atoms with E-state index in [4.69, 9.17) is 0 Å². The third kappa shape index (κ3) is 2.05. The van der Waals surface area contributed by atoms with Gasteiger partial charge in [-0.15, -0.1) is 5.10 Å². The van der Waals surface area contributed by atoms with E-state index in [1.165, 1.54) is 0 Å². The minimum absolute atomic E-state index is 0.230. The lowest BCUT2D eigenvalue weighted by atomic mass is 10.0. The van der Waals surface area contributed by atoms with Gasteiger partial charge >= 0.3 is 5.97 Å². The number of hydrogen-bond acceptors (Lipinski definition) is 4. The second-order valence-electron chi connectivity index (χ2n) is 6.82. The van der Waals surface area contributed by atoms with E-state index >= 15 is 0 Å². The molecule has 0 aromatic carbocycles. The second kappa shape index (κ2) is 4.43. The van der Waals surface area contributed by atoms with Crippen LogP contribution in [-0.2, 0) is 0 Å². The van der Waals surface area contributed by atoms with Gasteiger partial charge in [0, 0.05) is 6.54 Å². The number of nitrogens with zero attached hydrogens (tertiary/aromatic N) is 2. The predicted molar refractivity (Wildman–Crippen MR) is 78.0 cm³/mol. The Bertz CT molecular complexity index is 550. The molecule has 0 radical (unpaired) electrons. The van der Waals surface area contributed by atoms with E-state index in [9.17, 15) is 9.90 Å². The van der Waals surface area contributed by atoms with E-state index in [0.29, 0.717) is 23.0 Å². The Morgan fingerprint density at radius 1 is 1.20 bits per heavy atom. The van der Waals surface area contributed by atoms with Crippen molar-refractivity contribution in [3.05, 3.63) is 16.8 Å². The molecule has 1 aliphatic rings. The summed E-state index contributed by atoms with van der Waals surface area (Å²) in [6.45, 7) is 13.2. The van der Waals surface area contributed by atoms with Gasteiger partial charge in [-0.3, -0.25) is 0 Å². The van der Waals surface area contributed by atoms with Gasteiger partial charge in [-0.1, -0.05) is 27.7 Å². The molecule has 1 fully saturated rings. The third-order valence-corrected chi connectivity index (χ3v) is 5.46. The quantitative estimate of drug-likeness (QED) is 0.885. The summed E-state index contributed by atoms with van der Waals surface area (Å²) in [5.74, 6) is -0.0866. The number of aryl methyl sites for hydroxylation is 1. The zero-order chi connectivity index (χ0) is 15.3. The molecular formula is C15H23N3O2. The largest absolute Gasteiger partial charge is 0.478 e. The minimum Gasteiger partial charge on any atom is -0.478 e. The van der Waals surface area contributed by atoms with E-state index < -0.39 is 5.97 Å². The van der Waals surface area contributed by atoms with E-state index in [2.05, 4.69) is 43.2 Å². The smallest absolute Gasteiger partial charge is 0.339 e. The first-order valence-electron chi connectivity index (χ1n) is 6.91. The van der Waals surface area contributed by atoms with Gasteiger partial charge in [-0.25, -0.2) is 4.79 Å². The Kier molecular flexibility index (Phi) is 3.27. The van der Waals surface area contributed by atoms with Crippen LogP contribution in [0.3, 0.4) is 0 Å². The van der Waals surface area contributed by atoms with Crippen LogP contribution in [0, 0.1) is 30.6 Å². The summed E-state index contributed by atoms with van der Waals surface area (Å²) < 4.78 is 0. The average Bonchev–Trinajstić information content (AvgIpc) is 2.71. The SMILES string of the molecule is Cc1nnc(NCC2C(C)(C)C2(C)C)c(C(=O)O)c1C. The molecule has 110 valence electrons. The van der Waals surface area contributed by atoms with Gasteiger partial charge < -0.3 is 10.4 Å². The molecule has 20 heavy (non-hydrogen) atoms. The summed E-state index contributed by atoms with van der Waals surface area (Å²) in [6.07, 6.45) is 0. The highest BCUT2D eigenvalue weighted by Crippen LogP contribution is 2.68. The molecule has 1 aromatic heterocycles. The molecular weight excluding hydrogens is 254 g/mol. The van der Waals surface area contributed by atoms with Gasteiger partial charge in [-0.2, -0.15) is 5.10 Å². The molecule has 2 rings (SSSR count). The maximum absolute atomic E-state index is 11.4. The van der Waals surface area contributed by atoms with Crippen LogP contribution in [0.15, 0.2) is 0 Å². The van der Waals surface area contributed by atoms with Crippen molar-refractivity contribution in [2.24, 2.45) is 16.7 Å². The van der Waals surface area contributed by atoms with Gasteiger partial charge in [0.15, 0.2) is 5.82 Å². The van der Waals surface area contributed by atoms with Crippen molar-refractivity contribution in [3.8, 4) is 0 Å². The summed E-state index contributed by atoms with van der Waals surface area (Å²) in [6, 6.07) is 0. The summed E-state index contributed by atoms with van der Waals surface area (Å²) in [5, 5.41) is 20.6. The van der Waals surface area contributed by atoms with Crippen molar-refractivity contribution in [1.82, 2.24) is 10.2 Å². The Labute approximate surface area is 119 Å². The topological polar surface area (TPSA) is 75.1 Å². The monoisotopic (exact) mass is 277 g/mol. The molecule has 1 aromatic rings. The van der Waals surface area contributed by atoms with Crippen molar-refractivity contribution in [1.29, 1.82) is 0 Å². The molecule has 5 nitrogen and oxygen atoms in total. The van der Waals surface area contributed by atoms with E-state index in [-0.39, 0.29) is 16.4 Å². The first-order chi connectivity index (χ1) is 9.10. The van der Waals surface area contributed by atoms with E-state index in [1.54, 1.807) is 13.8 Å². The normalized spacial score (nSPS) is 19.7. The van der Waals surface area contributed by atoms with Gasteiger partial charge in [0.05, 0.1) is 5.69 Å². The van der Waals surface area contributed by atoms with Crippen LogP contribution < -0.4 is 5.32 Å². The van der Waals surface area contributed by atoms with Crippen molar-refractivity contribution in [2.45, 2.75) is 41.5 Å². The Balaban J connectivity index is 2.20. The fraction of sp³-hybridized carbons (Fsp3) is 0.667. The first-order valence-corrected chi connectivity index (χ1v) is 6.91. The summed E-state index contributed by atoms with van der Waals surface area (Å²) >= 11 is 0. The van der Waals surface area contributed by atoms with Crippen molar-refractivity contribution in [3.63, 3.8) is 0 Å². The zero-order valence-corrected chi connectivity index (χ0v) is 13.0. The van der Waals surface area contributed by atoms with E-state index in [1.807, 2.05) is 0 Å². The molecule has 0 atom stereocenters. The number of rotatable bonds is 4. The molecule has 0 bridgehead atoms. The zero-order valence-electron chi connectivity index (χ0n) is 13.0. The molecule has 0 saturated heterocycles. The average molecular weight is 277 g/mol. The predicted octanol–water partition coefficient (Wildman–Crippen LogP) is 2.89. The number of carboxylic acids is 1. The highest BCUT2D eigenvalue weighted by molar-refractivity contribution is 5.94.